The highest BCUT2D eigenvalue weighted by Crippen LogP contribution is 2.19. The molecule has 0 fully saturated rings. The highest BCUT2D eigenvalue weighted by atomic mass is 32.2. The number of thioether (sulfide) groups is 1. The number of nitrogens with zero attached hydrogens (tertiary/aromatic N) is 3. The third-order valence-corrected chi connectivity index (χ3v) is 4.06. The molecule has 0 radical (unpaired) electrons. The SMILES string of the molecule is CC(C)n1ncnc1CC(N)CSc1ccc(F)cc1. The molecule has 1 aromatic carbocycles. The molecule has 0 aliphatic carbocycles. The normalized spacial score (nSPS) is 12.8. The van der Waals surface area contributed by atoms with Crippen LogP contribution in [-0.4, -0.2) is 26.6 Å². The molecule has 1 aromatic heterocycles. The molecule has 108 valence electrons. The standard InChI is InChI=1S/C14H19FN4S/c1-10(2)19-14(17-9-18-19)7-12(16)8-20-13-5-3-11(15)4-6-13/h3-6,9-10,12H,7-8,16H2,1-2H3. The maximum absolute atomic E-state index is 12.8. The van der Waals surface area contributed by atoms with Gasteiger partial charge in [0.15, 0.2) is 0 Å². The van der Waals surface area contributed by atoms with Crippen LogP contribution in [0.3, 0.4) is 0 Å². The molecule has 0 aliphatic rings. The van der Waals surface area contributed by atoms with E-state index in [-0.39, 0.29) is 17.9 Å². The molecule has 20 heavy (non-hydrogen) atoms. The lowest BCUT2D eigenvalue weighted by Crippen LogP contribution is -2.27. The largest absolute Gasteiger partial charge is 0.327 e. The first-order valence-electron chi connectivity index (χ1n) is 6.58. The van der Waals surface area contributed by atoms with Crippen molar-refractivity contribution >= 4 is 11.8 Å². The van der Waals surface area contributed by atoms with Crippen molar-refractivity contribution in [1.82, 2.24) is 14.8 Å². The predicted molar refractivity (Wildman–Crippen MR) is 79.2 cm³/mol. The van der Waals surface area contributed by atoms with Gasteiger partial charge in [0.2, 0.25) is 0 Å². The Morgan fingerprint density at radius 3 is 2.65 bits per heavy atom. The van der Waals surface area contributed by atoms with Crippen LogP contribution in [0.2, 0.25) is 0 Å². The van der Waals surface area contributed by atoms with Gasteiger partial charge in [-0.1, -0.05) is 0 Å². The zero-order chi connectivity index (χ0) is 14.5. The van der Waals surface area contributed by atoms with Crippen LogP contribution in [0.15, 0.2) is 35.5 Å². The molecule has 2 rings (SSSR count). The summed E-state index contributed by atoms with van der Waals surface area (Å²) < 4.78 is 14.7. The second-order valence-corrected chi connectivity index (χ2v) is 6.04. The Kier molecular flexibility index (Phi) is 5.14. The predicted octanol–water partition coefficient (Wildman–Crippen LogP) is 2.66. The minimum atomic E-state index is -0.219. The molecule has 0 spiro atoms. The van der Waals surface area contributed by atoms with E-state index in [1.165, 1.54) is 12.1 Å². The zero-order valence-corrected chi connectivity index (χ0v) is 12.5. The van der Waals surface area contributed by atoms with Crippen LogP contribution in [0.25, 0.3) is 0 Å². The maximum atomic E-state index is 12.8. The average molecular weight is 294 g/mol. The van der Waals surface area contributed by atoms with Crippen molar-refractivity contribution in [2.24, 2.45) is 5.73 Å². The lowest BCUT2D eigenvalue weighted by Gasteiger charge is -2.13. The van der Waals surface area contributed by atoms with Crippen molar-refractivity contribution in [2.45, 2.75) is 37.2 Å². The summed E-state index contributed by atoms with van der Waals surface area (Å²) in [5.74, 6) is 1.45. The van der Waals surface area contributed by atoms with Gasteiger partial charge in [-0.3, -0.25) is 0 Å². The van der Waals surface area contributed by atoms with Crippen molar-refractivity contribution < 1.29 is 4.39 Å². The fraction of sp³-hybridized carbons (Fsp3) is 0.429. The summed E-state index contributed by atoms with van der Waals surface area (Å²) in [6.07, 6.45) is 2.25. The van der Waals surface area contributed by atoms with Gasteiger partial charge in [0, 0.05) is 29.2 Å². The van der Waals surface area contributed by atoms with Crippen molar-refractivity contribution in [1.29, 1.82) is 0 Å². The van der Waals surface area contributed by atoms with E-state index < -0.39 is 0 Å². The van der Waals surface area contributed by atoms with Crippen LogP contribution in [0.4, 0.5) is 4.39 Å². The molecule has 0 bridgehead atoms. The molecule has 1 heterocycles. The first kappa shape index (κ1) is 15.0. The molecule has 2 aromatic rings. The van der Waals surface area contributed by atoms with Crippen LogP contribution in [0, 0.1) is 5.82 Å². The van der Waals surface area contributed by atoms with E-state index in [4.69, 9.17) is 5.73 Å². The van der Waals surface area contributed by atoms with Crippen LogP contribution < -0.4 is 5.73 Å². The van der Waals surface area contributed by atoms with Crippen LogP contribution in [0.5, 0.6) is 0 Å². The fourth-order valence-corrected chi connectivity index (χ4v) is 2.73. The van der Waals surface area contributed by atoms with Gasteiger partial charge < -0.3 is 5.73 Å². The number of hydrogen-bond acceptors (Lipinski definition) is 4. The maximum Gasteiger partial charge on any atom is 0.138 e. The minimum Gasteiger partial charge on any atom is -0.327 e. The first-order chi connectivity index (χ1) is 9.56. The van der Waals surface area contributed by atoms with Gasteiger partial charge in [0.25, 0.3) is 0 Å². The van der Waals surface area contributed by atoms with E-state index in [0.29, 0.717) is 6.42 Å². The lowest BCUT2D eigenvalue weighted by molar-refractivity contribution is 0.496. The molecule has 0 saturated heterocycles. The topological polar surface area (TPSA) is 56.7 Å². The fourth-order valence-electron chi connectivity index (χ4n) is 1.88. The Balaban J connectivity index is 1.87. The number of benzene rings is 1. The lowest BCUT2D eigenvalue weighted by atomic mass is 10.2. The van der Waals surface area contributed by atoms with Crippen molar-refractivity contribution in [3.63, 3.8) is 0 Å². The third-order valence-electron chi connectivity index (χ3n) is 2.86. The highest BCUT2D eigenvalue weighted by molar-refractivity contribution is 7.99. The number of hydrogen-bond donors (Lipinski definition) is 1. The van der Waals surface area contributed by atoms with Crippen LogP contribution >= 0.6 is 11.8 Å². The Morgan fingerprint density at radius 2 is 2.00 bits per heavy atom. The zero-order valence-electron chi connectivity index (χ0n) is 11.7. The Hall–Kier alpha value is -1.40. The van der Waals surface area contributed by atoms with Gasteiger partial charge in [0.05, 0.1) is 0 Å². The summed E-state index contributed by atoms with van der Waals surface area (Å²) in [6, 6.07) is 6.73. The van der Waals surface area contributed by atoms with E-state index in [1.807, 2.05) is 4.68 Å². The van der Waals surface area contributed by atoms with Gasteiger partial charge in [-0.05, 0) is 38.1 Å². The Labute approximate surface area is 122 Å². The van der Waals surface area contributed by atoms with Crippen LogP contribution in [0.1, 0.15) is 25.7 Å². The number of rotatable bonds is 6. The Morgan fingerprint density at radius 1 is 1.30 bits per heavy atom. The quantitative estimate of drug-likeness (QED) is 0.832. The monoisotopic (exact) mass is 294 g/mol. The van der Waals surface area contributed by atoms with Crippen molar-refractivity contribution in [2.75, 3.05) is 5.75 Å². The molecule has 6 heteroatoms. The minimum absolute atomic E-state index is 0.00764. The average Bonchev–Trinajstić information content (AvgIpc) is 2.86. The smallest absolute Gasteiger partial charge is 0.138 e. The van der Waals surface area contributed by atoms with Gasteiger partial charge in [-0.15, -0.1) is 11.8 Å². The van der Waals surface area contributed by atoms with Crippen molar-refractivity contribution in [3.05, 3.63) is 42.2 Å². The van der Waals surface area contributed by atoms with E-state index in [1.54, 1.807) is 30.2 Å². The molecule has 1 unspecified atom stereocenters. The molecular weight excluding hydrogens is 275 g/mol. The van der Waals surface area contributed by atoms with E-state index >= 15 is 0 Å². The number of halogens is 1. The summed E-state index contributed by atoms with van der Waals surface area (Å²) in [6.45, 7) is 4.13. The van der Waals surface area contributed by atoms with E-state index in [9.17, 15) is 4.39 Å². The highest BCUT2D eigenvalue weighted by Gasteiger charge is 2.12. The molecule has 2 N–H and O–H groups in total. The second kappa shape index (κ2) is 6.85. The molecular formula is C14H19FN4S. The van der Waals surface area contributed by atoms with Gasteiger partial charge in [-0.2, -0.15) is 5.10 Å². The van der Waals surface area contributed by atoms with E-state index in [2.05, 4.69) is 23.9 Å². The second-order valence-electron chi connectivity index (χ2n) is 4.94. The Bertz CT molecular complexity index is 538. The molecule has 0 aliphatic heterocycles. The summed E-state index contributed by atoms with van der Waals surface area (Å²) in [7, 11) is 0. The third kappa shape index (κ3) is 4.05. The van der Waals surface area contributed by atoms with Crippen molar-refractivity contribution in [3.8, 4) is 0 Å². The van der Waals surface area contributed by atoms with Gasteiger partial charge >= 0.3 is 0 Å². The first-order valence-corrected chi connectivity index (χ1v) is 7.57. The van der Waals surface area contributed by atoms with Gasteiger partial charge in [0.1, 0.15) is 18.0 Å². The molecule has 0 amide bonds. The van der Waals surface area contributed by atoms with E-state index in [0.717, 1.165) is 16.5 Å². The number of aromatic nitrogens is 3. The summed E-state index contributed by atoms with van der Waals surface area (Å²) in [5, 5.41) is 4.20. The molecule has 0 saturated carbocycles. The molecule has 1 atom stereocenters. The summed E-state index contributed by atoms with van der Waals surface area (Å²) >= 11 is 1.62. The van der Waals surface area contributed by atoms with Gasteiger partial charge in [-0.25, -0.2) is 14.1 Å². The molecule has 4 nitrogen and oxygen atoms in total. The number of nitrogens with two attached hydrogens (primary N) is 1. The summed E-state index contributed by atoms with van der Waals surface area (Å²) in [5.41, 5.74) is 6.14. The van der Waals surface area contributed by atoms with Crippen LogP contribution in [-0.2, 0) is 6.42 Å². The summed E-state index contributed by atoms with van der Waals surface area (Å²) in [4.78, 5) is 5.28.